The van der Waals surface area contributed by atoms with Crippen LogP contribution in [0.5, 0.6) is 0 Å². The molecule has 150 valence electrons. The van der Waals surface area contributed by atoms with E-state index in [1.807, 2.05) is 41.7 Å². The number of rotatable bonds is 7. The van der Waals surface area contributed by atoms with Gasteiger partial charge in [0.05, 0.1) is 35.3 Å². The van der Waals surface area contributed by atoms with Crippen molar-refractivity contribution in [3.63, 3.8) is 0 Å². The van der Waals surface area contributed by atoms with Crippen LogP contribution in [0.25, 0.3) is 16.7 Å². The molecular weight excluding hydrogens is 392 g/mol. The monoisotopic (exact) mass is 412 g/mol. The Morgan fingerprint density at radius 3 is 2.86 bits per heavy atom. The number of halogens is 1. The number of pyridine rings is 1. The second-order valence-electron chi connectivity index (χ2n) is 6.78. The Hall–Kier alpha value is -2.78. The molecule has 3 heterocycles. The van der Waals surface area contributed by atoms with Gasteiger partial charge in [0, 0.05) is 13.1 Å². The maximum Gasteiger partial charge on any atom is 0.164 e. The van der Waals surface area contributed by atoms with E-state index in [9.17, 15) is 5.11 Å². The molecule has 1 aromatic carbocycles. The lowest BCUT2D eigenvalue weighted by Crippen LogP contribution is -2.29. The fraction of sp³-hybridized carbons (Fsp3) is 0.250. The molecule has 0 amide bonds. The lowest BCUT2D eigenvalue weighted by atomic mass is 10.2. The predicted octanol–water partition coefficient (Wildman–Crippen LogP) is 2.43. The smallest absolute Gasteiger partial charge is 0.164 e. The van der Waals surface area contributed by atoms with E-state index in [1.165, 1.54) is 0 Å². The molecular formula is C20H21ClN6O2. The van der Waals surface area contributed by atoms with Crippen LogP contribution in [0.3, 0.4) is 0 Å². The Bertz CT molecular complexity index is 1140. The third-order valence-corrected chi connectivity index (χ3v) is 4.93. The van der Waals surface area contributed by atoms with E-state index < -0.39 is 6.10 Å². The highest BCUT2D eigenvalue weighted by Crippen LogP contribution is 2.30. The highest BCUT2D eigenvalue weighted by atomic mass is 35.5. The molecule has 1 atom stereocenters. The summed E-state index contributed by atoms with van der Waals surface area (Å²) in [6, 6.07) is 9.49. The summed E-state index contributed by atoms with van der Waals surface area (Å²) in [5.74, 6) is 0.643. The summed E-state index contributed by atoms with van der Waals surface area (Å²) in [7, 11) is 0. The number of nitrogens with one attached hydrogen (secondary N) is 2. The summed E-state index contributed by atoms with van der Waals surface area (Å²) in [4.78, 5) is 13.7. The van der Waals surface area contributed by atoms with Gasteiger partial charge in [0.15, 0.2) is 11.5 Å². The van der Waals surface area contributed by atoms with Gasteiger partial charge in [-0.25, -0.2) is 15.0 Å². The summed E-state index contributed by atoms with van der Waals surface area (Å²) in [6.45, 7) is 2.45. The zero-order chi connectivity index (χ0) is 20.4. The molecule has 3 aromatic heterocycles. The maximum absolute atomic E-state index is 9.44. The summed E-state index contributed by atoms with van der Waals surface area (Å²) < 4.78 is 1.88. The lowest BCUT2D eigenvalue weighted by molar-refractivity contribution is 0.0941. The number of aliphatic hydroxyl groups is 2. The van der Waals surface area contributed by atoms with Crippen LogP contribution >= 0.6 is 11.6 Å². The number of aliphatic hydroxyl groups excluding tert-OH is 2. The van der Waals surface area contributed by atoms with Crippen molar-refractivity contribution in [3.05, 3.63) is 59.1 Å². The van der Waals surface area contributed by atoms with Gasteiger partial charge < -0.3 is 20.8 Å². The van der Waals surface area contributed by atoms with E-state index >= 15 is 0 Å². The number of hydrogen-bond acceptors (Lipinski definition) is 7. The number of aromatic nitrogens is 4. The van der Waals surface area contributed by atoms with E-state index in [0.717, 1.165) is 22.5 Å². The minimum Gasteiger partial charge on any atom is -0.394 e. The molecule has 0 saturated heterocycles. The van der Waals surface area contributed by atoms with Crippen LogP contribution in [0, 0.1) is 6.92 Å². The first-order valence-corrected chi connectivity index (χ1v) is 9.58. The normalized spacial score (nSPS) is 12.6. The van der Waals surface area contributed by atoms with Gasteiger partial charge >= 0.3 is 0 Å². The third-order valence-electron chi connectivity index (χ3n) is 4.62. The molecule has 1 unspecified atom stereocenters. The molecule has 0 aliphatic heterocycles. The van der Waals surface area contributed by atoms with Crippen LogP contribution in [0.15, 0.2) is 42.9 Å². The average Bonchev–Trinajstić information content (AvgIpc) is 3.21. The van der Waals surface area contributed by atoms with Crippen LogP contribution in [-0.4, -0.2) is 48.8 Å². The predicted molar refractivity (Wildman–Crippen MR) is 113 cm³/mol. The topological polar surface area (TPSA) is 108 Å². The van der Waals surface area contributed by atoms with Crippen molar-refractivity contribution in [1.82, 2.24) is 24.7 Å². The molecule has 4 N–H and O–H groups in total. The third kappa shape index (κ3) is 4.01. The van der Waals surface area contributed by atoms with E-state index in [2.05, 4.69) is 20.6 Å². The first kappa shape index (κ1) is 19.5. The summed E-state index contributed by atoms with van der Waals surface area (Å²) in [5, 5.41) is 25.4. The second-order valence-corrected chi connectivity index (χ2v) is 7.19. The molecule has 0 radical (unpaired) electrons. The van der Waals surface area contributed by atoms with Crippen molar-refractivity contribution in [1.29, 1.82) is 0 Å². The number of aryl methyl sites for hydroxylation is 1. The summed E-state index contributed by atoms with van der Waals surface area (Å²) in [6.07, 6.45) is 2.63. The van der Waals surface area contributed by atoms with Gasteiger partial charge in [-0.3, -0.25) is 4.40 Å². The Morgan fingerprint density at radius 2 is 2.07 bits per heavy atom. The zero-order valence-corrected chi connectivity index (χ0v) is 16.6. The van der Waals surface area contributed by atoms with E-state index in [1.54, 1.807) is 12.5 Å². The second kappa shape index (κ2) is 8.30. The zero-order valence-electron chi connectivity index (χ0n) is 15.8. The van der Waals surface area contributed by atoms with Gasteiger partial charge in [0.2, 0.25) is 0 Å². The van der Waals surface area contributed by atoms with E-state index in [4.69, 9.17) is 21.7 Å². The fourth-order valence-electron chi connectivity index (χ4n) is 3.09. The van der Waals surface area contributed by atoms with Crippen LogP contribution in [0.1, 0.15) is 11.3 Å². The number of anilines is 2. The largest absolute Gasteiger partial charge is 0.394 e. The first-order chi connectivity index (χ1) is 14.1. The Morgan fingerprint density at radius 1 is 1.21 bits per heavy atom. The highest BCUT2D eigenvalue weighted by Gasteiger charge is 2.13. The quantitative estimate of drug-likeness (QED) is 0.369. The van der Waals surface area contributed by atoms with Gasteiger partial charge in [-0.05, 0) is 30.7 Å². The molecule has 9 heteroatoms. The SMILES string of the molecule is Cc1cccc(Cl)c1Nc1nc2ccc(CNCC(O)CO)nc2n2cncc12. The van der Waals surface area contributed by atoms with Gasteiger partial charge in [-0.1, -0.05) is 23.7 Å². The Balaban J connectivity index is 1.69. The summed E-state index contributed by atoms with van der Waals surface area (Å²) >= 11 is 6.36. The number of fused-ring (bicyclic) bond motifs is 3. The van der Waals surface area contributed by atoms with Gasteiger partial charge in [0.25, 0.3) is 0 Å². The van der Waals surface area contributed by atoms with Gasteiger partial charge in [-0.2, -0.15) is 0 Å². The van der Waals surface area contributed by atoms with E-state index in [-0.39, 0.29) is 13.2 Å². The minimum atomic E-state index is -0.792. The lowest BCUT2D eigenvalue weighted by Gasteiger charge is -2.13. The average molecular weight is 413 g/mol. The molecule has 0 spiro atoms. The van der Waals surface area contributed by atoms with Crippen LogP contribution in [0.4, 0.5) is 11.5 Å². The van der Waals surface area contributed by atoms with Crippen LogP contribution in [-0.2, 0) is 6.54 Å². The number of hydrogen-bond donors (Lipinski definition) is 4. The van der Waals surface area contributed by atoms with Crippen molar-refractivity contribution in [3.8, 4) is 0 Å². The van der Waals surface area contributed by atoms with Crippen LogP contribution in [0.2, 0.25) is 5.02 Å². The number of nitrogens with zero attached hydrogens (tertiary/aromatic N) is 4. The number of benzene rings is 1. The highest BCUT2D eigenvalue weighted by molar-refractivity contribution is 6.33. The standard InChI is InChI=1S/C20H21ClN6O2/c1-12-3-2-4-15(21)18(12)26-19-17-9-23-11-27(17)20-16(25-19)6-5-13(24-20)7-22-8-14(29)10-28/h2-6,9,11,14,22,28-29H,7-8,10H2,1H3,(H,25,26). The number of imidazole rings is 1. The summed E-state index contributed by atoms with van der Waals surface area (Å²) in [5.41, 5.74) is 4.79. The van der Waals surface area contributed by atoms with Crippen molar-refractivity contribution < 1.29 is 10.2 Å². The molecule has 29 heavy (non-hydrogen) atoms. The molecule has 0 fully saturated rings. The maximum atomic E-state index is 9.44. The molecule has 4 rings (SSSR count). The molecule has 0 aliphatic rings. The van der Waals surface area contributed by atoms with Crippen molar-refractivity contribution in [2.75, 3.05) is 18.5 Å². The fourth-order valence-corrected chi connectivity index (χ4v) is 3.36. The van der Waals surface area contributed by atoms with Crippen molar-refractivity contribution >= 4 is 39.8 Å². The number of para-hydroxylation sites is 1. The van der Waals surface area contributed by atoms with Crippen molar-refractivity contribution in [2.24, 2.45) is 0 Å². The van der Waals surface area contributed by atoms with E-state index in [0.29, 0.717) is 28.5 Å². The van der Waals surface area contributed by atoms with Gasteiger partial charge in [-0.15, -0.1) is 0 Å². The molecule has 0 aliphatic carbocycles. The van der Waals surface area contributed by atoms with Gasteiger partial charge in [0.1, 0.15) is 17.4 Å². The molecule has 8 nitrogen and oxygen atoms in total. The minimum absolute atomic E-state index is 0.279. The molecule has 4 aromatic rings. The van der Waals surface area contributed by atoms with Crippen LogP contribution < -0.4 is 10.6 Å². The first-order valence-electron chi connectivity index (χ1n) is 9.20. The Kier molecular flexibility index (Phi) is 5.59. The molecule has 0 saturated carbocycles. The van der Waals surface area contributed by atoms with Crippen molar-refractivity contribution in [2.45, 2.75) is 19.6 Å². The molecule has 0 bridgehead atoms. The Labute approximate surface area is 172 Å².